The minimum absolute atomic E-state index is 0.289. The largest absolute Gasteiger partial charge is 0.326 e. The SMILES string of the molecule is C=C(CC(C)(C)C)c1ccc(CN)c(C)c1. The van der Waals surface area contributed by atoms with Crippen LogP contribution >= 0.6 is 0 Å². The predicted octanol–water partition coefficient (Wildman–Crippen LogP) is 3.90. The highest BCUT2D eigenvalue weighted by molar-refractivity contribution is 5.64. The van der Waals surface area contributed by atoms with Gasteiger partial charge in [0.25, 0.3) is 0 Å². The van der Waals surface area contributed by atoms with Crippen LogP contribution in [0.5, 0.6) is 0 Å². The third kappa shape index (κ3) is 3.49. The van der Waals surface area contributed by atoms with E-state index in [1.807, 2.05) is 0 Å². The summed E-state index contributed by atoms with van der Waals surface area (Å²) >= 11 is 0. The molecule has 16 heavy (non-hydrogen) atoms. The standard InChI is InChI=1S/C15H23N/c1-11-8-13(6-7-14(11)10-16)12(2)9-15(3,4)5/h6-8H,2,9-10,16H2,1,3-5H3. The van der Waals surface area contributed by atoms with Gasteiger partial charge in [0.1, 0.15) is 0 Å². The molecule has 1 heteroatoms. The fraction of sp³-hybridized carbons (Fsp3) is 0.467. The van der Waals surface area contributed by atoms with Crippen LogP contribution in [0.4, 0.5) is 0 Å². The van der Waals surface area contributed by atoms with E-state index in [0.29, 0.717) is 6.54 Å². The second kappa shape index (κ2) is 4.84. The van der Waals surface area contributed by atoms with Gasteiger partial charge in [0.15, 0.2) is 0 Å². The van der Waals surface area contributed by atoms with Gasteiger partial charge in [0.05, 0.1) is 0 Å². The van der Waals surface area contributed by atoms with E-state index in [1.165, 1.54) is 22.3 Å². The molecule has 0 aliphatic heterocycles. The Hall–Kier alpha value is -1.08. The van der Waals surface area contributed by atoms with E-state index in [0.717, 1.165) is 6.42 Å². The summed E-state index contributed by atoms with van der Waals surface area (Å²) in [4.78, 5) is 0. The summed E-state index contributed by atoms with van der Waals surface area (Å²) in [6.45, 7) is 13.6. The Kier molecular flexibility index (Phi) is 3.93. The van der Waals surface area contributed by atoms with Crippen molar-refractivity contribution in [2.75, 3.05) is 0 Å². The lowest BCUT2D eigenvalue weighted by Crippen LogP contribution is -2.06. The van der Waals surface area contributed by atoms with E-state index < -0.39 is 0 Å². The zero-order chi connectivity index (χ0) is 12.3. The van der Waals surface area contributed by atoms with Gasteiger partial charge in [-0.1, -0.05) is 45.5 Å². The van der Waals surface area contributed by atoms with Gasteiger partial charge < -0.3 is 5.73 Å². The van der Waals surface area contributed by atoms with Crippen molar-refractivity contribution in [2.45, 2.75) is 40.7 Å². The first-order chi connectivity index (χ1) is 7.33. The topological polar surface area (TPSA) is 26.0 Å². The van der Waals surface area contributed by atoms with Gasteiger partial charge in [-0.05, 0) is 41.0 Å². The average Bonchev–Trinajstić information content (AvgIpc) is 2.15. The van der Waals surface area contributed by atoms with Crippen molar-refractivity contribution in [3.8, 4) is 0 Å². The fourth-order valence-electron chi connectivity index (χ4n) is 1.89. The first kappa shape index (κ1) is 13.0. The van der Waals surface area contributed by atoms with Gasteiger partial charge in [0, 0.05) is 6.54 Å². The molecule has 0 aromatic heterocycles. The van der Waals surface area contributed by atoms with Gasteiger partial charge in [-0.15, -0.1) is 0 Å². The van der Waals surface area contributed by atoms with E-state index in [1.54, 1.807) is 0 Å². The van der Waals surface area contributed by atoms with Crippen molar-refractivity contribution in [3.05, 3.63) is 41.5 Å². The van der Waals surface area contributed by atoms with Gasteiger partial charge in [-0.25, -0.2) is 0 Å². The van der Waals surface area contributed by atoms with Crippen LogP contribution in [0.2, 0.25) is 0 Å². The normalized spacial score (nSPS) is 11.6. The van der Waals surface area contributed by atoms with E-state index in [-0.39, 0.29) is 5.41 Å². The van der Waals surface area contributed by atoms with Crippen molar-refractivity contribution in [1.82, 2.24) is 0 Å². The van der Waals surface area contributed by atoms with Gasteiger partial charge >= 0.3 is 0 Å². The molecular formula is C15H23N. The predicted molar refractivity (Wildman–Crippen MR) is 72.2 cm³/mol. The zero-order valence-corrected chi connectivity index (χ0v) is 10.9. The first-order valence-corrected chi connectivity index (χ1v) is 5.81. The number of benzene rings is 1. The van der Waals surface area contributed by atoms with E-state index in [9.17, 15) is 0 Å². The molecule has 0 bridgehead atoms. The average molecular weight is 217 g/mol. The fourth-order valence-corrected chi connectivity index (χ4v) is 1.89. The Morgan fingerprint density at radius 1 is 1.31 bits per heavy atom. The maximum Gasteiger partial charge on any atom is 0.0180 e. The summed E-state index contributed by atoms with van der Waals surface area (Å²) in [5, 5.41) is 0. The maximum atomic E-state index is 5.66. The van der Waals surface area contributed by atoms with Crippen LogP contribution in [-0.4, -0.2) is 0 Å². The molecule has 0 spiro atoms. The minimum atomic E-state index is 0.289. The highest BCUT2D eigenvalue weighted by atomic mass is 14.5. The zero-order valence-electron chi connectivity index (χ0n) is 10.9. The third-order valence-corrected chi connectivity index (χ3v) is 2.71. The quantitative estimate of drug-likeness (QED) is 0.816. The highest BCUT2D eigenvalue weighted by Crippen LogP contribution is 2.29. The molecule has 2 N–H and O–H groups in total. The Bertz CT molecular complexity index is 383. The molecule has 0 saturated heterocycles. The molecule has 0 unspecified atom stereocenters. The number of rotatable bonds is 3. The van der Waals surface area contributed by atoms with Crippen molar-refractivity contribution in [3.63, 3.8) is 0 Å². The number of nitrogens with two attached hydrogens (primary N) is 1. The second-order valence-corrected chi connectivity index (χ2v) is 5.69. The Labute approximate surface area is 99.4 Å². The van der Waals surface area contributed by atoms with E-state index in [2.05, 4.69) is 52.5 Å². The summed E-state index contributed by atoms with van der Waals surface area (Å²) < 4.78 is 0. The molecule has 88 valence electrons. The lowest BCUT2D eigenvalue weighted by Gasteiger charge is -2.20. The van der Waals surface area contributed by atoms with Crippen LogP contribution in [0.1, 0.15) is 43.9 Å². The molecule has 0 fully saturated rings. The van der Waals surface area contributed by atoms with E-state index >= 15 is 0 Å². The summed E-state index contributed by atoms with van der Waals surface area (Å²) in [7, 11) is 0. The lowest BCUT2D eigenvalue weighted by atomic mass is 9.85. The number of allylic oxidation sites excluding steroid dienone is 1. The number of hydrogen-bond donors (Lipinski definition) is 1. The summed E-state index contributed by atoms with van der Waals surface area (Å²) in [6, 6.07) is 6.43. The monoisotopic (exact) mass is 217 g/mol. The molecule has 0 radical (unpaired) electrons. The molecule has 1 aromatic carbocycles. The lowest BCUT2D eigenvalue weighted by molar-refractivity contribution is 0.427. The van der Waals surface area contributed by atoms with Crippen LogP contribution in [0.15, 0.2) is 24.8 Å². The number of hydrogen-bond acceptors (Lipinski definition) is 1. The van der Waals surface area contributed by atoms with Crippen LogP contribution in [0.3, 0.4) is 0 Å². The maximum absolute atomic E-state index is 5.66. The molecule has 0 heterocycles. The van der Waals surface area contributed by atoms with Crippen molar-refractivity contribution in [2.24, 2.45) is 11.1 Å². The Morgan fingerprint density at radius 2 is 1.94 bits per heavy atom. The molecule has 1 nitrogen and oxygen atoms in total. The molecule has 0 atom stereocenters. The van der Waals surface area contributed by atoms with Gasteiger partial charge in [0.2, 0.25) is 0 Å². The highest BCUT2D eigenvalue weighted by Gasteiger charge is 2.13. The van der Waals surface area contributed by atoms with Crippen molar-refractivity contribution >= 4 is 5.57 Å². The summed E-state index contributed by atoms with van der Waals surface area (Å²) in [6.07, 6.45) is 1.02. The van der Waals surface area contributed by atoms with Crippen LogP contribution in [0.25, 0.3) is 5.57 Å². The van der Waals surface area contributed by atoms with Gasteiger partial charge in [-0.2, -0.15) is 0 Å². The summed E-state index contributed by atoms with van der Waals surface area (Å²) in [5.41, 5.74) is 10.9. The van der Waals surface area contributed by atoms with Crippen molar-refractivity contribution < 1.29 is 0 Å². The van der Waals surface area contributed by atoms with E-state index in [4.69, 9.17) is 5.73 Å². The number of aryl methyl sites for hydroxylation is 1. The molecule has 1 aromatic rings. The molecule has 1 rings (SSSR count). The minimum Gasteiger partial charge on any atom is -0.326 e. The Balaban J connectivity index is 2.89. The molecule has 0 aliphatic rings. The molecule has 0 saturated carbocycles. The molecule has 0 amide bonds. The van der Waals surface area contributed by atoms with Crippen molar-refractivity contribution in [1.29, 1.82) is 0 Å². The molecule has 0 aliphatic carbocycles. The third-order valence-electron chi connectivity index (χ3n) is 2.71. The smallest absolute Gasteiger partial charge is 0.0180 e. The Morgan fingerprint density at radius 3 is 2.38 bits per heavy atom. The second-order valence-electron chi connectivity index (χ2n) is 5.69. The molecular weight excluding hydrogens is 194 g/mol. The van der Waals surface area contributed by atoms with Gasteiger partial charge in [-0.3, -0.25) is 0 Å². The first-order valence-electron chi connectivity index (χ1n) is 5.81. The van der Waals surface area contributed by atoms with Crippen LogP contribution in [-0.2, 0) is 6.54 Å². The van der Waals surface area contributed by atoms with Crippen LogP contribution < -0.4 is 5.73 Å². The van der Waals surface area contributed by atoms with Crippen LogP contribution in [0, 0.1) is 12.3 Å². The summed E-state index contributed by atoms with van der Waals surface area (Å²) in [5.74, 6) is 0.